The maximum absolute atomic E-state index is 12.2. The maximum Gasteiger partial charge on any atom is 0.249 e. The summed E-state index contributed by atoms with van der Waals surface area (Å²) in [6.07, 6.45) is 0.858. The maximum atomic E-state index is 12.2. The summed E-state index contributed by atoms with van der Waals surface area (Å²) in [5, 5.41) is 2.82. The van der Waals surface area contributed by atoms with Crippen LogP contribution in [0.3, 0.4) is 0 Å². The molecule has 0 spiro atoms. The second kappa shape index (κ2) is 8.19. The van der Waals surface area contributed by atoms with Gasteiger partial charge in [-0.15, -0.1) is 0 Å². The number of hydrogen-bond donors (Lipinski definition) is 2. The summed E-state index contributed by atoms with van der Waals surface area (Å²) in [5.41, 5.74) is 7.95. The Hall–Kier alpha value is -3.02. The molecule has 132 valence electrons. The highest BCUT2D eigenvalue weighted by atomic mass is 16.5. The number of nitrogens with two attached hydrogens (primary N) is 1. The summed E-state index contributed by atoms with van der Waals surface area (Å²) < 4.78 is 10.5. The highest BCUT2D eigenvalue weighted by molar-refractivity contribution is 5.98. The molecule has 0 unspecified atom stereocenters. The van der Waals surface area contributed by atoms with Gasteiger partial charge in [0.25, 0.3) is 0 Å². The first-order chi connectivity index (χ1) is 12.0. The van der Waals surface area contributed by atoms with E-state index in [1.165, 1.54) is 0 Å². The van der Waals surface area contributed by atoms with E-state index >= 15 is 0 Å². The number of nitrogens with one attached hydrogen (secondary N) is 1. The van der Waals surface area contributed by atoms with Crippen LogP contribution in [0.2, 0.25) is 0 Å². The molecule has 0 aliphatic heterocycles. The zero-order valence-corrected chi connectivity index (χ0v) is 14.6. The Morgan fingerprint density at radius 3 is 2.44 bits per heavy atom. The van der Waals surface area contributed by atoms with E-state index in [9.17, 15) is 9.59 Å². The van der Waals surface area contributed by atoms with Gasteiger partial charge in [-0.05, 0) is 48.7 Å². The number of rotatable bonds is 7. The summed E-state index contributed by atoms with van der Waals surface area (Å²) in [6.45, 7) is 1.75. The second-order valence-corrected chi connectivity index (χ2v) is 5.58. The van der Waals surface area contributed by atoms with E-state index in [0.29, 0.717) is 41.2 Å². The summed E-state index contributed by atoms with van der Waals surface area (Å²) in [5.74, 6) is 0.624. The molecule has 2 amide bonds. The normalized spacial score (nSPS) is 10.2. The van der Waals surface area contributed by atoms with Gasteiger partial charge in [-0.2, -0.15) is 0 Å². The van der Waals surface area contributed by atoms with Crippen molar-refractivity contribution >= 4 is 17.5 Å². The number of carbonyl (C=O) groups excluding carboxylic acids is 2. The first kappa shape index (κ1) is 18.3. The smallest absolute Gasteiger partial charge is 0.249 e. The van der Waals surface area contributed by atoms with E-state index in [-0.39, 0.29) is 5.91 Å². The van der Waals surface area contributed by atoms with Crippen molar-refractivity contribution in [3.05, 3.63) is 53.1 Å². The lowest BCUT2D eigenvalue weighted by molar-refractivity contribution is -0.116. The quantitative estimate of drug-likeness (QED) is 0.809. The van der Waals surface area contributed by atoms with Gasteiger partial charge < -0.3 is 20.5 Å². The Labute approximate surface area is 146 Å². The standard InChI is InChI=1S/C19H22N2O4/c1-12-14(19(20)23)5-4-6-15(12)21-18(22)10-8-13-7-9-16(24-2)17(11-13)25-3/h4-7,9,11H,8,10H2,1-3H3,(H2,20,23)(H,21,22). The van der Waals surface area contributed by atoms with Gasteiger partial charge in [0.05, 0.1) is 14.2 Å². The number of aryl methyl sites for hydroxylation is 1. The van der Waals surface area contributed by atoms with Crippen molar-refractivity contribution in [1.29, 1.82) is 0 Å². The number of methoxy groups -OCH3 is 2. The van der Waals surface area contributed by atoms with E-state index in [0.717, 1.165) is 5.56 Å². The van der Waals surface area contributed by atoms with Crippen molar-refractivity contribution in [2.45, 2.75) is 19.8 Å². The molecule has 0 aliphatic carbocycles. The van der Waals surface area contributed by atoms with Crippen LogP contribution in [0.1, 0.15) is 27.9 Å². The molecule has 6 nitrogen and oxygen atoms in total. The van der Waals surface area contributed by atoms with Gasteiger partial charge in [-0.1, -0.05) is 12.1 Å². The largest absolute Gasteiger partial charge is 0.493 e. The minimum atomic E-state index is -0.515. The van der Waals surface area contributed by atoms with Crippen LogP contribution in [0, 0.1) is 6.92 Å². The summed E-state index contributed by atoms with van der Waals surface area (Å²) in [4.78, 5) is 23.6. The van der Waals surface area contributed by atoms with Crippen LogP contribution in [0.15, 0.2) is 36.4 Å². The summed E-state index contributed by atoms with van der Waals surface area (Å²) in [6, 6.07) is 10.6. The molecule has 3 N–H and O–H groups in total. The number of amides is 2. The Bertz CT molecular complexity index is 787. The fourth-order valence-electron chi connectivity index (χ4n) is 2.54. The van der Waals surface area contributed by atoms with Gasteiger partial charge in [0.1, 0.15) is 0 Å². The first-order valence-electron chi connectivity index (χ1n) is 7.86. The van der Waals surface area contributed by atoms with Crippen LogP contribution in [0.25, 0.3) is 0 Å². The number of primary amides is 1. The first-order valence-corrected chi connectivity index (χ1v) is 7.86. The van der Waals surface area contributed by atoms with Gasteiger partial charge in [0.15, 0.2) is 11.5 Å². The molecule has 2 rings (SSSR count). The minimum Gasteiger partial charge on any atom is -0.493 e. The molecule has 0 bridgehead atoms. The third-order valence-electron chi connectivity index (χ3n) is 3.96. The summed E-state index contributed by atoms with van der Waals surface area (Å²) >= 11 is 0. The highest BCUT2D eigenvalue weighted by Crippen LogP contribution is 2.28. The number of hydrogen-bond acceptors (Lipinski definition) is 4. The molecular weight excluding hydrogens is 320 g/mol. The van der Waals surface area contributed by atoms with E-state index in [1.54, 1.807) is 39.3 Å². The molecule has 0 radical (unpaired) electrons. The zero-order valence-electron chi connectivity index (χ0n) is 14.6. The molecule has 0 fully saturated rings. The van der Waals surface area contributed by atoms with E-state index in [4.69, 9.17) is 15.2 Å². The van der Waals surface area contributed by atoms with Crippen LogP contribution in [0.5, 0.6) is 11.5 Å². The predicted molar refractivity (Wildman–Crippen MR) is 96.2 cm³/mol. The summed E-state index contributed by atoms with van der Waals surface area (Å²) in [7, 11) is 3.15. The lowest BCUT2D eigenvalue weighted by atomic mass is 10.1. The monoisotopic (exact) mass is 342 g/mol. The molecule has 0 saturated heterocycles. The molecule has 0 atom stereocenters. The molecule has 0 aliphatic rings. The van der Waals surface area contributed by atoms with E-state index in [1.807, 2.05) is 18.2 Å². The fraction of sp³-hybridized carbons (Fsp3) is 0.263. The third kappa shape index (κ3) is 4.50. The SMILES string of the molecule is COc1ccc(CCC(=O)Nc2cccc(C(N)=O)c2C)cc1OC. The lowest BCUT2D eigenvalue weighted by Crippen LogP contribution is -2.17. The van der Waals surface area contributed by atoms with Crippen molar-refractivity contribution in [2.24, 2.45) is 5.73 Å². The Morgan fingerprint density at radius 1 is 1.08 bits per heavy atom. The van der Waals surface area contributed by atoms with Gasteiger partial charge in [0, 0.05) is 17.7 Å². The molecule has 0 saturated carbocycles. The molecule has 25 heavy (non-hydrogen) atoms. The van der Waals surface area contributed by atoms with Crippen LogP contribution in [-0.2, 0) is 11.2 Å². The zero-order chi connectivity index (χ0) is 18.4. The topological polar surface area (TPSA) is 90.6 Å². The number of ether oxygens (including phenoxy) is 2. The van der Waals surface area contributed by atoms with Crippen molar-refractivity contribution < 1.29 is 19.1 Å². The van der Waals surface area contributed by atoms with E-state index in [2.05, 4.69) is 5.32 Å². The average Bonchev–Trinajstić information content (AvgIpc) is 2.61. The van der Waals surface area contributed by atoms with Crippen LogP contribution in [0.4, 0.5) is 5.69 Å². The Balaban J connectivity index is 2.02. The van der Waals surface area contributed by atoms with Gasteiger partial charge in [-0.3, -0.25) is 9.59 Å². The minimum absolute atomic E-state index is 0.139. The Kier molecular flexibility index (Phi) is 6.00. The number of carbonyl (C=O) groups is 2. The van der Waals surface area contributed by atoms with Crippen molar-refractivity contribution in [3.63, 3.8) is 0 Å². The lowest BCUT2D eigenvalue weighted by Gasteiger charge is -2.12. The van der Waals surface area contributed by atoms with Gasteiger partial charge in [-0.25, -0.2) is 0 Å². The van der Waals surface area contributed by atoms with Crippen LogP contribution < -0.4 is 20.5 Å². The molecule has 6 heteroatoms. The second-order valence-electron chi connectivity index (χ2n) is 5.58. The predicted octanol–water partition coefficient (Wildman–Crippen LogP) is 2.68. The molecule has 2 aromatic carbocycles. The van der Waals surface area contributed by atoms with E-state index < -0.39 is 5.91 Å². The van der Waals surface area contributed by atoms with Crippen molar-refractivity contribution in [2.75, 3.05) is 19.5 Å². The Morgan fingerprint density at radius 2 is 1.80 bits per heavy atom. The third-order valence-corrected chi connectivity index (χ3v) is 3.96. The molecule has 0 heterocycles. The average molecular weight is 342 g/mol. The molecule has 2 aromatic rings. The number of benzene rings is 2. The van der Waals surface area contributed by atoms with Crippen LogP contribution >= 0.6 is 0 Å². The van der Waals surface area contributed by atoms with Crippen molar-refractivity contribution in [1.82, 2.24) is 0 Å². The highest BCUT2D eigenvalue weighted by Gasteiger charge is 2.11. The van der Waals surface area contributed by atoms with Crippen LogP contribution in [-0.4, -0.2) is 26.0 Å². The van der Waals surface area contributed by atoms with Crippen molar-refractivity contribution in [3.8, 4) is 11.5 Å². The number of anilines is 1. The van der Waals surface area contributed by atoms with Gasteiger partial charge >= 0.3 is 0 Å². The molecule has 0 aromatic heterocycles. The van der Waals surface area contributed by atoms with Gasteiger partial charge in [0.2, 0.25) is 11.8 Å². The fourth-order valence-corrected chi connectivity index (χ4v) is 2.54. The molecular formula is C19H22N2O4.